The summed E-state index contributed by atoms with van der Waals surface area (Å²) in [6.45, 7) is 12.5. The second kappa shape index (κ2) is 8.93. The predicted molar refractivity (Wildman–Crippen MR) is 118 cm³/mol. The van der Waals surface area contributed by atoms with E-state index >= 15 is 0 Å². The van der Waals surface area contributed by atoms with Gasteiger partial charge in [0, 0.05) is 30.2 Å². The Hall–Kier alpha value is -2.10. The van der Waals surface area contributed by atoms with E-state index in [1.54, 1.807) is 7.05 Å². The molecule has 0 amide bonds. The Morgan fingerprint density at radius 3 is 2.61 bits per heavy atom. The van der Waals surface area contributed by atoms with E-state index in [4.69, 9.17) is 16.3 Å². The fraction of sp³-hybridized carbons (Fsp3) is 0.476. The molecule has 0 radical (unpaired) electrons. The number of anilines is 1. The lowest BCUT2D eigenvalue weighted by molar-refractivity contribution is 0.406. The molecule has 28 heavy (non-hydrogen) atoms. The van der Waals surface area contributed by atoms with Crippen LogP contribution in [0.15, 0.2) is 17.1 Å². The number of hydrogen-bond donors (Lipinski definition) is 1. The number of nitriles is 1. The van der Waals surface area contributed by atoms with Gasteiger partial charge in [-0.05, 0) is 36.5 Å². The maximum Gasteiger partial charge on any atom is 0.218 e. The van der Waals surface area contributed by atoms with Crippen LogP contribution >= 0.6 is 23.1 Å². The number of amidine groups is 1. The van der Waals surface area contributed by atoms with Crippen LogP contribution < -0.4 is 10.1 Å². The molecule has 0 saturated carbocycles. The summed E-state index contributed by atoms with van der Waals surface area (Å²) in [7, 11) is 1.76. The molecule has 2 aromatic rings. The first kappa shape index (κ1) is 22.2. The Morgan fingerprint density at radius 2 is 2.07 bits per heavy atom. The molecule has 150 valence electrons. The molecule has 0 bridgehead atoms. The zero-order valence-corrected chi connectivity index (χ0v) is 19.0. The third-order valence-corrected chi connectivity index (χ3v) is 5.13. The molecule has 1 heterocycles. The van der Waals surface area contributed by atoms with Crippen molar-refractivity contribution < 1.29 is 4.74 Å². The average molecular weight is 419 g/mol. The summed E-state index contributed by atoms with van der Waals surface area (Å²) >= 11 is 7.65. The van der Waals surface area contributed by atoms with Crippen LogP contribution in [0.25, 0.3) is 0 Å². The molecule has 0 spiro atoms. The van der Waals surface area contributed by atoms with Gasteiger partial charge in [-0.3, -0.25) is 4.99 Å². The molecule has 0 fully saturated rings. The van der Waals surface area contributed by atoms with Crippen LogP contribution in [0, 0.1) is 29.6 Å². The molecule has 0 aliphatic heterocycles. The number of halogens is 1. The molecule has 0 unspecified atom stereocenters. The quantitative estimate of drug-likeness (QED) is 0.447. The predicted octanol–water partition coefficient (Wildman–Crippen LogP) is 6.45. The van der Waals surface area contributed by atoms with E-state index in [0.29, 0.717) is 27.8 Å². The number of aliphatic imine (C=N–C) groups is 1. The number of hydrogen-bond acceptors (Lipinski definition) is 5. The molecule has 0 saturated heterocycles. The highest BCUT2D eigenvalue weighted by Crippen LogP contribution is 2.39. The monoisotopic (exact) mass is 418 g/mol. The van der Waals surface area contributed by atoms with Gasteiger partial charge in [0.25, 0.3) is 0 Å². The van der Waals surface area contributed by atoms with Crippen molar-refractivity contribution in [3.05, 3.63) is 34.0 Å². The minimum Gasteiger partial charge on any atom is -0.442 e. The van der Waals surface area contributed by atoms with Crippen molar-refractivity contribution in [2.75, 3.05) is 12.4 Å². The molecule has 1 N–H and O–H groups in total. The lowest BCUT2D eigenvalue weighted by Crippen LogP contribution is -2.19. The number of ether oxygens (including phenoxy) is 1. The molecule has 0 atom stereocenters. The summed E-state index contributed by atoms with van der Waals surface area (Å²) in [6.07, 6.45) is 0.708. The minimum atomic E-state index is 0.0352. The van der Waals surface area contributed by atoms with Gasteiger partial charge in [0.2, 0.25) is 5.06 Å². The van der Waals surface area contributed by atoms with Crippen molar-refractivity contribution in [3.8, 4) is 16.9 Å². The summed E-state index contributed by atoms with van der Waals surface area (Å²) in [5, 5.41) is 13.9. The zero-order valence-electron chi connectivity index (χ0n) is 17.5. The van der Waals surface area contributed by atoms with Gasteiger partial charge in [-0.2, -0.15) is 9.64 Å². The first-order chi connectivity index (χ1) is 13.1. The molecule has 1 aromatic heterocycles. The van der Waals surface area contributed by atoms with Crippen LogP contribution in [-0.4, -0.2) is 17.3 Å². The van der Waals surface area contributed by atoms with E-state index in [-0.39, 0.29) is 11.3 Å². The molecular formula is C21H27ClN4OS. The van der Waals surface area contributed by atoms with Crippen LogP contribution in [0.5, 0.6) is 10.8 Å². The summed E-state index contributed by atoms with van der Waals surface area (Å²) in [5.74, 6) is 1.66. The SMILES string of the molecule is CN=C(Nc1cc(Cl)c(Oc2snc(CC(C)(C)C)c2C#N)cc1C)C(C)C. The molecule has 5 nitrogen and oxygen atoms in total. The van der Waals surface area contributed by atoms with Crippen LogP contribution in [0.2, 0.25) is 5.02 Å². The third kappa shape index (κ3) is 5.46. The Labute approximate surface area is 176 Å². The zero-order chi connectivity index (χ0) is 21.1. The van der Waals surface area contributed by atoms with E-state index in [1.165, 1.54) is 11.5 Å². The van der Waals surface area contributed by atoms with E-state index in [9.17, 15) is 5.26 Å². The van der Waals surface area contributed by atoms with Crippen LogP contribution in [-0.2, 0) is 6.42 Å². The Kier molecular flexibility index (Phi) is 7.08. The first-order valence-corrected chi connectivity index (χ1v) is 10.3. The van der Waals surface area contributed by atoms with E-state index < -0.39 is 0 Å². The topological polar surface area (TPSA) is 70.3 Å². The number of aromatic nitrogens is 1. The lowest BCUT2D eigenvalue weighted by Gasteiger charge is -2.17. The van der Waals surface area contributed by atoms with Crippen molar-refractivity contribution in [3.63, 3.8) is 0 Å². The van der Waals surface area contributed by atoms with E-state index in [1.807, 2.05) is 19.1 Å². The van der Waals surface area contributed by atoms with Crippen molar-refractivity contribution in [1.82, 2.24) is 4.37 Å². The maximum atomic E-state index is 9.59. The number of rotatable bonds is 5. The van der Waals surface area contributed by atoms with Gasteiger partial charge in [-0.1, -0.05) is 46.2 Å². The fourth-order valence-electron chi connectivity index (χ4n) is 2.67. The molecule has 0 aliphatic rings. The highest BCUT2D eigenvalue weighted by Gasteiger charge is 2.22. The van der Waals surface area contributed by atoms with Gasteiger partial charge in [-0.15, -0.1) is 0 Å². The highest BCUT2D eigenvalue weighted by molar-refractivity contribution is 7.08. The average Bonchev–Trinajstić information content (AvgIpc) is 2.95. The summed E-state index contributed by atoms with van der Waals surface area (Å²) in [6, 6.07) is 5.92. The largest absolute Gasteiger partial charge is 0.442 e. The van der Waals surface area contributed by atoms with E-state index in [2.05, 4.69) is 55.4 Å². The number of benzene rings is 1. The summed E-state index contributed by atoms with van der Waals surface area (Å²) in [5.41, 5.74) is 3.13. The number of nitrogens with zero attached hydrogens (tertiary/aromatic N) is 3. The fourth-order valence-corrected chi connectivity index (χ4v) is 3.61. The Balaban J connectivity index is 2.31. The number of nitrogens with one attached hydrogen (secondary N) is 1. The van der Waals surface area contributed by atoms with Crippen molar-refractivity contribution in [2.24, 2.45) is 16.3 Å². The highest BCUT2D eigenvalue weighted by atomic mass is 35.5. The van der Waals surface area contributed by atoms with Gasteiger partial charge >= 0.3 is 0 Å². The molecule has 7 heteroatoms. The second-order valence-corrected chi connectivity index (χ2v) is 9.37. The first-order valence-electron chi connectivity index (χ1n) is 9.16. The van der Waals surface area contributed by atoms with Gasteiger partial charge < -0.3 is 10.1 Å². The summed E-state index contributed by atoms with van der Waals surface area (Å²) < 4.78 is 10.4. The van der Waals surface area contributed by atoms with Gasteiger partial charge in [-0.25, -0.2) is 0 Å². The second-order valence-electron chi connectivity index (χ2n) is 8.23. The van der Waals surface area contributed by atoms with E-state index in [0.717, 1.165) is 22.8 Å². The van der Waals surface area contributed by atoms with Crippen molar-refractivity contribution >= 4 is 34.7 Å². The van der Waals surface area contributed by atoms with Gasteiger partial charge in [0.1, 0.15) is 23.2 Å². The van der Waals surface area contributed by atoms with Gasteiger partial charge in [0.05, 0.1) is 10.7 Å². The van der Waals surface area contributed by atoms with Gasteiger partial charge in [0.15, 0.2) is 0 Å². The lowest BCUT2D eigenvalue weighted by atomic mass is 9.89. The molecule has 1 aromatic carbocycles. The Bertz CT molecular complexity index is 920. The van der Waals surface area contributed by atoms with Crippen LogP contribution in [0.3, 0.4) is 0 Å². The third-order valence-electron chi connectivity index (χ3n) is 4.07. The standard InChI is InChI=1S/C21H27ClN4OS/c1-12(2)19(24-7)25-16-9-15(22)18(8-13(16)3)27-20-14(11-23)17(26-28-20)10-21(4,5)6/h8-9,12H,10H2,1-7H3,(H,24,25). The van der Waals surface area contributed by atoms with Crippen molar-refractivity contribution in [1.29, 1.82) is 5.26 Å². The smallest absolute Gasteiger partial charge is 0.218 e. The maximum absolute atomic E-state index is 9.59. The van der Waals surface area contributed by atoms with Crippen LogP contribution in [0.4, 0.5) is 5.69 Å². The number of aryl methyl sites for hydroxylation is 1. The molecule has 2 rings (SSSR count). The summed E-state index contributed by atoms with van der Waals surface area (Å²) in [4.78, 5) is 4.29. The normalized spacial score (nSPS) is 12.2. The molecule has 0 aliphatic carbocycles. The minimum absolute atomic E-state index is 0.0352. The van der Waals surface area contributed by atoms with Crippen LogP contribution in [0.1, 0.15) is 51.4 Å². The molecular weight excluding hydrogens is 392 g/mol. The van der Waals surface area contributed by atoms with Crippen molar-refractivity contribution in [2.45, 2.75) is 48.0 Å². The Morgan fingerprint density at radius 1 is 1.39 bits per heavy atom.